The van der Waals surface area contributed by atoms with Crippen molar-refractivity contribution >= 4 is 22.3 Å². The maximum atomic E-state index is 12.8. The zero-order valence-corrected chi connectivity index (χ0v) is 9.58. The van der Waals surface area contributed by atoms with Crippen LogP contribution in [-0.2, 0) is 9.92 Å². The molecule has 0 aromatic rings. The van der Waals surface area contributed by atoms with Crippen LogP contribution in [0.3, 0.4) is 0 Å². The van der Waals surface area contributed by atoms with Gasteiger partial charge in [0.05, 0.1) is 5.25 Å². The van der Waals surface area contributed by atoms with Gasteiger partial charge in [-0.25, -0.2) is 17.7 Å². The van der Waals surface area contributed by atoms with Crippen LogP contribution in [0.25, 0.3) is 0 Å². The lowest BCUT2D eigenvalue weighted by atomic mass is 10.1. The fourth-order valence-electron chi connectivity index (χ4n) is 1.69. The van der Waals surface area contributed by atoms with Crippen molar-refractivity contribution in [1.29, 1.82) is 4.78 Å². The van der Waals surface area contributed by atoms with Crippen molar-refractivity contribution in [2.75, 3.05) is 13.1 Å². The summed E-state index contributed by atoms with van der Waals surface area (Å²) in [6, 6.07) is 0. The molecule has 2 fully saturated rings. The highest BCUT2D eigenvalue weighted by Crippen LogP contribution is 2.33. The molecule has 0 bridgehead atoms. The van der Waals surface area contributed by atoms with Crippen molar-refractivity contribution in [2.24, 2.45) is 0 Å². The molecule has 1 unspecified atom stereocenters. The van der Waals surface area contributed by atoms with Gasteiger partial charge in [0.25, 0.3) is 0 Å². The lowest BCUT2D eigenvalue weighted by molar-refractivity contribution is 0.213. The van der Waals surface area contributed by atoms with Gasteiger partial charge in [-0.05, 0) is 25.7 Å². The number of alkyl halides is 1. The number of halogens is 2. The van der Waals surface area contributed by atoms with Gasteiger partial charge < -0.3 is 0 Å². The highest BCUT2D eigenvalue weighted by Gasteiger charge is 2.38. The normalized spacial score (nSPS) is 29.2. The fraction of sp³-hybridized carbons (Fsp3) is 1.00. The SMILES string of the molecule is Cl.N=S(=O)(C1CC1)N1CCC(F)CC1. The molecule has 0 radical (unpaired) electrons. The molecule has 1 saturated carbocycles. The van der Waals surface area contributed by atoms with Crippen LogP contribution >= 0.6 is 12.4 Å². The minimum absolute atomic E-state index is 0. The molecule has 1 heterocycles. The summed E-state index contributed by atoms with van der Waals surface area (Å²) in [7, 11) is -2.55. The van der Waals surface area contributed by atoms with Crippen molar-refractivity contribution in [2.45, 2.75) is 37.1 Å². The highest BCUT2D eigenvalue weighted by molar-refractivity contribution is 7.91. The van der Waals surface area contributed by atoms with E-state index in [-0.39, 0.29) is 17.7 Å². The molecule has 0 spiro atoms. The van der Waals surface area contributed by atoms with Gasteiger partial charge in [0.2, 0.25) is 0 Å². The smallest absolute Gasteiger partial charge is 0.110 e. The van der Waals surface area contributed by atoms with Crippen LogP contribution in [0, 0.1) is 4.78 Å². The van der Waals surface area contributed by atoms with E-state index in [1.54, 1.807) is 4.31 Å². The monoisotopic (exact) mass is 242 g/mol. The summed E-state index contributed by atoms with van der Waals surface area (Å²) in [4.78, 5) is 0. The average Bonchev–Trinajstić information content (AvgIpc) is 2.87. The van der Waals surface area contributed by atoms with Gasteiger partial charge in [-0.2, -0.15) is 0 Å². The first-order valence-electron chi connectivity index (χ1n) is 4.77. The predicted octanol–water partition coefficient (Wildman–Crippen LogP) is 1.97. The molecule has 14 heavy (non-hydrogen) atoms. The summed E-state index contributed by atoms with van der Waals surface area (Å²) in [5, 5.41) is 0.0728. The minimum Gasteiger partial charge on any atom is -0.247 e. The maximum Gasteiger partial charge on any atom is 0.110 e. The molecular formula is C8H16ClFN2OS. The van der Waals surface area contributed by atoms with Crippen molar-refractivity contribution in [3.63, 3.8) is 0 Å². The first-order chi connectivity index (χ1) is 6.10. The molecule has 1 saturated heterocycles. The van der Waals surface area contributed by atoms with Crippen molar-refractivity contribution < 1.29 is 8.60 Å². The molecule has 2 aliphatic rings. The van der Waals surface area contributed by atoms with Gasteiger partial charge in [0, 0.05) is 13.1 Å². The van der Waals surface area contributed by atoms with Crippen LogP contribution in [0.2, 0.25) is 0 Å². The Labute approximate surface area is 90.6 Å². The third-order valence-corrected chi connectivity index (χ3v) is 5.25. The van der Waals surface area contributed by atoms with E-state index in [1.165, 1.54) is 0 Å². The molecule has 1 aliphatic heterocycles. The number of hydrogen-bond acceptors (Lipinski definition) is 2. The quantitative estimate of drug-likeness (QED) is 0.791. The van der Waals surface area contributed by atoms with Gasteiger partial charge >= 0.3 is 0 Å². The summed E-state index contributed by atoms with van der Waals surface area (Å²) >= 11 is 0. The molecule has 2 rings (SSSR count). The predicted molar refractivity (Wildman–Crippen MR) is 56.8 cm³/mol. The molecule has 0 amide bonds. The van der Waals surface area contributed by atoms with E-state index in [4.69, 9.17) is 4.78 Å². The Morgan fingerprint density at radius 3 is 2.14 bits per heavy atom. The number of rotatable bonds is 2. The van der Waals surface area contributed by atoms with Gasteiger partial charge in [-0.1, -0.05) is 0 Å². The van der Waals surface area contributed by atoms with E-state index >= 15 is 0 Å². The van der Waals surface area contributed by atoms with E-state index in [9.17, 15) is 8.60 Å². The van der Waals surface area contributed by atoms with Crippen molar-refractivity contribution in [1.82, 2.24) is 4.31 Å². The zero-order chi connectivity index (χ0) is 9.47. The first kappa shape index (κ1) is 12.2. The van der Waals surface area contributed by atoms with Crippen LogP contribution in [0.5, 0.6) is 0 Å². The number of piperidine rings is 1. The molecule has 1 aliphatic carbocycles. The van der Waals surface area contributed by atoms with Crippen molar-refractivity contribution in [3.05, 3.63) is 0 Å². The van der Waals surface area contributed by atoms with Gasteiger partial charge in [-0.3, -0.25) is 0 Å². The minimum atomic E-state index is -2.55. The van der Waals surface area contributed by atoms with Gasteiger partial charge in [-0.15, -0.1) is 12.4 Å². The Balaban J connectivity index is 0.000000980. The van der Waals surface area contributed by atoms with Crippen molar-refractivity contribution in [3.8, 4) is 0 Å². The van der Waals surface area contributed by atoms with E-state index in [0.29, 0.717) is 25.9 Å². The summed E-state index contributed by atoms with van der Waals surface area (Å²) in [5.74, 6) is 0. The molecule has 84 valence electrons. The lowest BCUT2D eigenvalue weighted by Crippen LogP contribution is -2.40. The largest absolute Gasteiger partial charge is 0.247 e. The Bertz CT molecular complexity index is 284. The van der Waals surface area contributed by atoms with Crippen LogP contribution in [0.4, 0.5) is 4.39 Å². The highest BCUT2D eigenvalue weighted by atomic mass is 35.5. The molecule has 1 atom stereocenters. The molecule has 1 N–H and O–H groups in total. The Morgan fingerprint density at radius 2 is 1.71 bits per heavy atom. The summed E-state index contributed by atoms with van der Waals surface area (Å²) in [5.41, 5.74) is 0. The Morgan fingerprint density at radius 1 is 1.21 bits per heavy atom. The van der Waals surface area contributed by atoms with Crippen LogP contribution in [0.1, 0.15) is 25.7 Å². The van der Waals surface area contributed by atoms with E-state index in [0.717, 1.165) is 12.8 Å². The third kappa shape index (κ3) is 2.38. The number of hydrogen-bond donors (Lipinski definition) is 1. The van der Waals surface area contributed by atoms with Crippen LogP contribution in [-0.4, -0.2) is 33.0 Å². The maximum absolute atomic E-state index is 12.8. The molecule has 3 nitrogen and oxygen atoms in total. The molecule has 6 heteroatoms. The lowest BCUT2D eigenvalue weighted by Gasteiger charge is -2.29. The summed E-state index contributed by atoms with van der Waals surface area (Å²) in [6.07, 6.45) is 1.98. The van der Waals surface area contributed by atoms with Gasteiger partial charge in [0.15, 0.2) is 0 Å². The second-order valence-electron chi connectivity index (χ2n) is 3.87. The fourth-order valence-corrected chi connectivity index (χ4v) is 3.64. The zero-order valence-electron chi connectivity index (χ0n) is 7.95. The summed E-state index contributed by atoms with van der Waals surface area (Å²) < 4.78 is 34.1. The van der Waals surface area contributed by atoms with E-state index < -0.39 is 16.1 Å². The second-order valence-corrected chi connectivity index (χ2v) is 6.19. The Kier molecular flexibility index (Phi) is 3.77. The van der Waals surface area contributed by atoms with Crippen LogP contribution in [0.15, 0.2) is 0 Å². The molecule has 0 aromatic heterocycles. The van der Waals surface area contributed by atoms with E-state index in [2.05, 4.69) is 0 Å². The van der Waals surface area contributed by atoms with Crippen LogP contribution < -0.4 is 0 Å². The standard InChI is InChI=1S/C8H15FN2OS.ClH/c9-7-3-5-11(6-4-7)13(10,12)8-1-2-8;/h7-8,10H,1-6H2;1H. The molecular weight excluding hydrogens is 227 g/mol. The molecule has 0 aromatic carbocycles. The first-order valence-corrected chi connectivity index (χ1v) is 6.35. The number of nitrogens with one attached hydrogen (secondary N) is 1. The second kappa shape index (κ2) is 4.33. The number of nitrogens with zero attached hydrogens (tertiary/aromatic N) is 1. The third-order valence-electron chi connectivity index (χ3n) is 2.74. The van der Waals surface area contributed by atoms with Gasteiger partial charge in [0.1, 0.15) is 16.1 Å². The average molecular weight is 243 g/mol. The topological polar surface area (TPSA) is 44.2 Å². The van der Waals surface area contributed by atoms with E-state index in [1.807, 2.05) is 0 Å². The Hall–Kier alpha value is 0.130. The summed E-state index contributed by atoms with van der Waals surface area (Å²) in [6.45, 7) is 1.00.